The van der Waals surface area contributed by atoms with Crippen molar-refractivity contribution >= 4 is 35.2 Å². The van der Waals surface area contributed by atoms with Gasteiger partial charge in [0.25, 0.3) is 5.91 Å². The number of benzene rings is 2. The zero-order valence-corrected chi connectivity index (χ0v) is 15.1. The number of aliphatic carboxylic acids is 1. The molecule has 7 nitrogen and oxygen atoms in total. The van der Waals surface area contributed by atoms with E-state index in [4.69, 9.17) is 11.6 Å². The first kappa shape index (κ1) is 18.7. The molecule has 1 aliphatic rings. The van der Waals surface area contributed by atoms with Crippen molar-refractivity contribution in [1.82, 2.24) is 10.6 Å². The summed E-state index contributed by atoms with van der Waals surface area (Å²) in [5, 5.41) is 15.0. The lowest BCUT2D eigenvalue weighted by molar-refractivity contribution is -0.139. The van der Waals surface area contributed by atoms with Gasteiger partial charge < -0.3 is 15.7 Å². The van der Waals surface area contributed by atoms with E-state index in [2.05, 4.69) is 10.6 Å². The molecule has 3 amide bonds. The van der Waals surface area contributed by atoms with Gasteiger partial charge in [0.15, 0.2) is 0 Å². The fraction of sp³-hybridized carbons (Fsp3) is 0.211. The minimum atomic E-state index is -1.12. The number of hydrogen-bond acceptors (Lipinski definition) is 3. The number of anilines is 1. The molecule has 8 heteroatoms. The van der Waals surface area contributed by atoms with Crippen molar-refractivity contribution in [2.45, 2.75) is 12.5 Å². The van der Waals surface area contributed by atoms with Gasteiger partial charge in [-0.2, -0.15) is 0 Å². The number of urea groups is 1. The monoisotopic (exact) mass is 387 g/mol. The maximum Gasteiger partial charge on any atom is 0.326 e. The number of rotatable bonds is 6. The van der Waals surface area contributed by atoms with E-state index in [9.17, 15) is 19.5 Å². The van der Waals surface area contributed by atoms with Gasteiger partial charge in [0.1, 0.15) is 6.04 Å². The molecule has 1 atom stereocenters. The van der Waals surface area contributed by atoms with Crippen LogP contribution in [-0.4, -0.2) is 42.1 Å². The molecule has 1 saturated heterocycles. The first-order valence-electron chi connectivity index (χ1n) is 8.38. The molecule has 1 unspecified atom stereocenters. The van der Waals surface area contributed by atoms with Crippen LogP contribution in [0.1, 0.15) is 15.9 Å². The van der Waals surface area contributed by atoms with Gasteiger partial charge in [-0.25, -0.2) is 9.59 Å². The second-order valence-electron chi connectivity index (χ2n) is 6.10. The quantitative estimate of drug-likeness (QED) is 0.708. The number of hydrogen-bond donors (Lipinski definition) is 3. The third-order valence-electron chi connectivity index (χ3n) is 4.24. The van der Waals surface area contributed by atoms with Crippen LogP contribution in [0.3, 0.4) is 0 Å². The second kappa shape index (κ2) is 8.09. The predicted octanol–water partition coefficient (Wildman–Crippen LogP) is 2.30. The molecular formula is C19H18ClN3O4. The lowest BCUT2D eigenvalue weighted by atomic mass is 10.1. The van der Waals surface area contributed by atoms with Crippen LogP contribution in [0.15, 0.2) is 48.5 Å². The molecule has 1 heterocycles. The van der Waals surface area contributed by atoms with Gasteiger partial charge in [0.2, 0.25) is 0 Å². The van der Waals surface area contributed by atoms with Gasteiger partial charge in [-0.05, 0) is 23.8 Å². The van der Waals surface area contributed by atoms with Crippen molar-refractivity contribution < 1.29 is 19.5 Å². The van der Waals surface area contributed by atoms with E-state index < -0.39 is 17.9 Å². The van der Waals surface area contributed by atoms with Gasteiger partial charge in [-0.1, -0.05) is 41.9 Å². The van der Waals surface area contributed by atoms with Crippen LogP contribution in [0.5, 0.6) is 0 Å². The molecule has 0 aromatic heterocycles. The van der Waals surface area contributed by atoms with E-state index in [0.717, 1.165) is 5.56 Å². The topological polar surface area (TPSA) is 98.7 Å². The molecule has 0 spiro atoms. The minimum Gasteiger partial charge on any atom is -0.480 e. The molecule has 3 N–H and O–H groups in total. The summed E-state index contributed by atoms with van der Waals surface area (Å²) in [5.74, 6) is -1.67. The van der Waals surface area contributed by atoms with Crippen LogP contribution in [0.25, 0.3) is 0 Å². The van der Waals surface area contributed by atoms with Crippen LogP contribution in [0.2, 0.25) is 5.02 Å². The fourth-order valence-corrected chi connectivity index (χ4v) is 3.07. The lowest BCUT2D eigenvalue weighted by Gasteiger charge is -2.18. The first-order chi connectivity index (χ1) is 13.0. The molecule has 0 aliphatic carbocycles. The van der Waals surface area contributed by atoms with Crippen molar-refractivity contribution in [3.8, 4) is 0 Å². The van der Waals surface area contributed by atoms with Crippen LogP contribution in [0.4, 0.5) is 10.5 Å². The second-order valence-corrected chi connectivity index (χ2v) is 6.51. The van der Waals surface area contributed by atoms with Crippen molar-refractivity contribution in [3.63, 3.8) is 0 Å². The summed E-state index contributed by atoms with van der Waals surface area (Å²) < 4.78 is 0. The van der Waals surface area contributed by atoms with E-state index >= 15 is 0 Å². The molecule has 2 aromatic carbocycles. The Morgan fingerprint density at radius 3 is 2.59 bits per heavy atom. The highest BCUT2D eigenvalue weighted by Gasteiger charge is 2.25. The molecular weight excluding hydrogens is 370 g/mol. The van der Waals surface area contributed by atoms with E-state index in [-0.39, 0.29) is 18.0 Å². The van der Waals surface area contributed by atoms with Crippen molar-refractivity contribution in [2.24, 2.45) is 0 Å². The van der Waals surface area contributed by atoms with Gasteiger partial charge >= 0.3 is 12.0 Å². The van der Waals surface area contributed by atoms with Crippen LogP contribution >= 0.6 is 11.6 Å². The molecule has 0 saturated carbocycles. The van der Waals surface area contributed by atoms with Gasteiger partial charge in [0, 0.05) is 25.1 Å². The number of carboxylic acids is 1. The van der Waals surface area contributed by atoms with Gasteiger partial charge in [0.05, 0.1) is 10.7 Å². The van der Waals surface area contributed by atoms with Crippen molar-refractivity contribution in [2.75, 3.05) is 18.0 Å². The molecule has 140 valence electrons. The number of amides is 3. The lowest BCUT2D eigenvalue weighted by Crippen LogP contribution is -2.42. The van der Waals surface area contributed by atoms with E-state index in [1.165, 1.54) is 23.1 Å². The van der Waals surface area contributed by atoms with E-state index in [1.54, 1.807) is 12.1 Å². The fourth-order valence-electron chi connectivity index (χ4n) is 2.85. The first-order valence-corrected chi connectivity index (χ1v) is 8.76. The van der Waals surface area contributed by atoms with Gasteiger partial charge in [-0.3, -0.25) is 9.69 Å². The number of carbonyl (C=O) groups is 3. The summed E-state index contributed by atoms with van der Waals surface area (Å²) in [5.41, 5.74) is 1.44. The standard InChI is InChI=1S/C19H18ClN3O4/c20-14-7-6-13(11-16(14)23-9-8-21-19(23)27)17(24)22-15(18(25)26)10-12-4-2-1-3-5-12/h1-7,11,15H,8-10H2,(H,21,27)(H,22,24)(H,25,26). The Hall–Kier alpha value is -3.06. The smallest absolute Gasteiger partial charge is 0.326 e. The molecule has 0 radical (unpaired) electrons. The van der Waals surface area contributed by atoms with Crippen LogP contribution in [0, 0.1) is 0 Å². The highest BCUT2D eigenvalue weighted by molar-refractivity contribution is 6.34. The van der Waals surface area contributed by atoms with E-state index in [1.807, 2.05) is 18.2 Å². The van der Waals surface area contributed by atoms with Crippen LogP contribution in [-0.2, 0) is 11.2 Å². The highest BCUT2D eigenvalue weighted by Crippen LogP contribution is 2.28. The Labute approximate surface area is 160 Å². The Bertz CT molecular complexity index is 873. The summed E-state index contributed by atoms with van der Waals surface area (Å²) in [6, 6.07) is 12.2. The molecule has 0 bridgehead atoms. The normalized spacial score (nSPS) is 14.6. The van der Waals surface area contributed by atoms with E-state index in [0.29, 0.717) is 23.8 Å². The third-order valence-corrected chi connectivity index (χ3v) is 4.56. The molecule has 1 aliphatic heterocycles. The van der Waals surface area contributed by atoms with Crippen LogP contribution < -0.4 is 15.5 Å². The predicted molar refractivity (Wildman–Crippen MR) is 101 cm³/mol. The molecule has 27 heavy (non-hydrogen) atoms. The summed E-state index contributed by atoms with van der Waals surface area (Å²) in [6.07, 6.45) is 0.164. The minimum absolute atomic E-state index is 0.164. The summed E-state index contributed by atoms with van der Waals surface area (Å²) in [7, 11) is 0. The molecule has 3 rings (SSSR count). The largest absolute Gasteiger partial charge is 0.480 e. The average molecular weight is 388 g/mol. The number of nitrogens with zero attached hydrogens (tertiary/aromatic N) is 1. The Balaban J connectivity index is 1.78. The number of nitrogens with one attached hydrogen (secondary N) is 2. The van der Waals surface area contributed by atoms with Crippen molar-refractivity contribution in [1.29, 1.82) is 0 Å². The molecule has 1 fully saturated rings. The Kier molecular flexibility index (Phi) is 5.61. The summed E-state index contributed by atoms with van der Waals surface area (Å²) >= 11 is 6.16. The zero-order chi connectivity index (χ0) is 19.4. The zero-order valence-electron chi connectivity index (χ0n) is 14.3. The molecule has 2 aromatic rings. The number of carbonyl (C=O) groups excluding carboxylic acids is 2. The summed E-state index contributed by atoms with van der Waals surface area (Å²) in [6.45, 7) is 0.930. The summed E-state index contributed by atoms with van der Waals surface area (Å²) in [4.78, 5) is 37.4. The SMILES string of the molecule is O=C(NC(Cc1ccccc1)C(=O)O)c1ccc(Cl)c(N2CCNC2=O)c1. The number of carboxylic acid groups (broad SMARTS) is 1. The maximum absolute atomic E-state index is 12.6. The van der Waals surface area contributed by atoms with Gasteiger partial charge in [-0.15, -0.1) is 0 Å². The highest BCUT2D eigenvalue weighted by atomic mass is 35.5. The Morgan fingerprint density at radius 1 is 1.22 bits per heavy atom. The maximum atomic E-state index is 12.6. The Morgan fingerprint density at radius 2 is 1.96 bits per heavy atom. The average Bonchev–Trinajstić information content (AvgIpc) is 3.08. The third kappa shape index (κ3) is 4.38. The number of halogens is 1. The van der Waals surface area contributed by atoms with Crippen molar-refractivity contribution in [3.05, 3.63) is 64.7 Å².